The molecule has 1 aliphatic rings. The van der Waals surface area contributed by atoms with Gasteiger partial charge in [-0.05, 0) is 77.6 Å². The molecule has 0 radical (unpaired) electrons. The van der Waals surface area contributed by atoms with Gasteiger partial charge < -0.3 is 19.5 Å². The average Bonchev–Trinajstić information content (AvgIpc) is 2.65. The van der Waals surface area contributed by atoms with Gasteiger partial charge in [0.15, 0.2) is 12.4 Å². The van der Waals surface area contributed by atoms with E-state index in [9.17, 15) is 14.4 Å². The summed E-state index contributed by atoms with van der Waals surface area (Å²) >= 11 is 0. The number of carbonyl (C=O) groups excluding carboxylic acids is 3. The van der Waals surface area contributed by atoms with Gasteiger partial charge in [-0.3, -0.25) is 4.79 Å². The maximum Gasteiger partial charge on any atom is 0.408 e. The van der Waals surface area contributed by atoms with Crippen molar-refractivity contribution in [3.8, 4) is 5.75 Å². The van der Waals surface area contributed by atoms with Crippen molar-refractivity contribution in [1.29, 1.82) is 0 Å². The van der Waals surface area contributed by atoms with E-state index >= 15 is 0 Å². The molecule has 7 nitrogen and oxygen atoms in total. The summed E-state index contributed by atoms with van der Waals surface area (Å²) in [5.41, 5.74) is -0.213. The Morgan fingerprint density at radius 3 is 2.28 bits per heavy atom. The second-order valence-corrected chi connectivity index (χ2v) is 8.30. The van der Waals surface area contributed by atoms with Crippen LogP contribution >= 0.6 is 0 Å². The molecule has 29 heavy (non-hydrogen) atoms. The topological polar surface area (TPSA) is 90.9 Å². The molecule has 0 bridgehead atoms. The Hall–Kier alpha value is -2.57. The molecule has 0 unspecified atom stereocenters. The summed E-state index contributed by atoms with van der Waals surface area (Å²) in [4.78, 5) is 36.2. The number of hydrogen-bond donors (Lipinski definition) is 1. The van der Waals surface area contributed by atoms with Gasteiger partial charge in [-0.25, -0.2) is 9.59 Å². The van der Waals surface area contributed by atoms with Crippen molar-refractivity contribution in [3.05, 3.63) is 29.8 Å². The predicted octanol–water partition coefficient (Wildman–Crippen LogP) is 4.04. The SMILES string of the molecule is C[C@H](NC(=O)OC(C)(C)C)C(=O)c1ccc(OCC(=O)OC2CCCCC2)cc1. The fraction of sp³-hybridized carbons (Fsp3) is 0.591. The van der Waals surface area contributed by atoms with E-state index in [1.165, 1.54) is 6.42 Å². The zero-order valence-electron chi connectivity index (χ0n) is 17.7. The van der Waals surface area contributed by atoms with E-state index in [1.807, 2.05) is 0 Å². The lowest BCUT2D eigenvalue weighted by Crippen LogP contribution is -2.41. The molecule has 1 amide bonds. The molecular formula is C22H31NO6. The standard InChI is InChI=1S/C22H31NO6/c1-15(23-21(26)29-22(2,3)4)20(25)16-10-12-17(13-11-16)27-14-19(24)28-18-8-6-5-7-9-18/h10-13,15,18H,5-9,14H2,1-4H3,(H,23,26)/t15-/m0/s1. The van der Waals surface area contributed by atoms with Gasteiger partial charge in [-0.1, -0.05) is 6.42 Å². The van der Waals surface area contributed by atoms with Crippen LogP contribution in [0.3, 0.4) is 0 Å². The first-order valence-electron chi connectivity index (χ1n) is 10.1. The molecule has 1 fully saturated rings. The van der Waals surface area contributed by atoms with Crippen LogP contribution in [0.15, 0.2) is 24.3 Å². The highest BCUT2D eigenvalue weighted by atomic mass is 16.6. The summed E-state index contributed by atoms with van der Waals surface area (Å²) in [6, 6.07) is 5.68. The number of alkyl carbamates (subject to hydrolysis) is 1. The van der Waals surface area contributed by atoms with E-state index in [2.05, 4.69) is 5.32 Å². The number of rotatable bonds is 7. The lowest BCUT2D eigenvalue weighted by molar-refractivity contribution is -0.152. The zero-order chi connectivity index (χ0) is 21.4. The number of hydrogen-bond acceptors (Lipinski definition) is 6. The Labute approximate surface area is 172 Å². The molecule has 1 saturated carbocycles. The third-order valence-corrected chi connectivity index (χ3v) is 4.47. The quantitative estimate of drug-likeness (QED) is 0.544. The van der Waals surface area contributed by atoms with Crippen molar-refractivity contribution in [2.75, 3.05) is 6.61 Å². The summed E-state index contributed by atoms with van der Waals surface area (Å²) in [5, 5.41) is 2.52. The number of amides is 1. The van der Waals surface area contributed by atoms with E-state index in [4.69, 9.17) is 14.2 Å². The summed E-state index contributed by atoms with van der Waals surface area (Å²) in [6.07, 6.45) is 4.57. The van der Waals surface area contributed by atoms with Crippen LogP contribution in [-0.4, -0.2) is 42.2 Å². The largest absolute Gasteiger partial charge is 0.482 e. The fourth-order valence-electron chi connectivity index (χ4n) is 3.06. The van der Waals surface area contributed by atoms with Crippen LogP contribution in [0.25, 0.3) is 0 Å². The maximum absolute atomic E-state index is 12.5. The number of ketones is 1. The molecule has 0 saturated heterocycles. The maximum atomic E-state index is 12.5. The Bertz CT molecular complexity index is 701. The van der Waals surface area contributed by atoms with Crippen molar-refractivity contribution in [3.63, 3.8) is 0 Å². The highest BCUT2D eigenvalue weighted by Gasteiger charge is 2.22. The van der Waals surface area contributed by atoms with Crippen molar-refractivity contribution in [1.82, 2.24) is 5.32 Å². The summed E-state index contributed by atoms with van der Waals surface area (Å²) in [7, 11) is 0. The van der Waals surface area contributed by atoms with E-state index in [0.29, 0.717) is 11.3 Å². The summed E-state index contributed by atoms with van der Waals surface area (Å²) in [6.45, 7) is 6.69. The lowest BCUT2D eigenvalue weighted by Gasteiger charge is -2.22. The lowest BCUT2D eigenvalue weighted by atomic mass is 9.98. The number of ether oxygens (including phenoxy) is 3. The average molecular weight is 405 g/mol. The molecule has 0 spiro atoms. The van der Waals surface area contributed by atoms with Crippen LogP contribution in [0.5, 0.6) is 5.75 Å². The van der Waals surface area contributed by atoms with Crippen LogP contribution in [0.1, 0.15) is 70.2 Å². The van der Waals surface area contributed by atoms with Crippen molar-refractivity contribution < 1.29 is 28.6 Å². The molecule has 1 N–H and O–H groups in total. The van der Waals surface area contributed by atoms with Gasteiger partial charge in [0.2, 0.25) is 0 Å². The number of nitrogens with one attached hydrogen (secondary N) is 1. The fourth-order valence-corrected chi connectivity index (χ4v) is 3.06. The molecule has 0 aliphatic heterocycles. The van der Waals surface area contributed by atoms with Crippen molar-refractivity contribution in [2.24, 2.45) is 0 Å². The molecular weight excluding hydrogens is 374 g/mol. The van der Waals surface area contributed by atoms with Crippen LogP contribution in [-0.2, 0) is 14.3 Å². The summed E-state index contributed by atoms with van der Waals surface area (Å²) in [5.74, 6) is -0.166. The van der Waals surface area contributed by atoms with E-state index in [0.717, 1.165) is 25.7 Å². The van der Waals surface area contributed by atoms with Gasteiger partial charge in [0.1, 0.15) is 17.5 Å². The Morgan fingerprint density at radius 1 is 1.07 bits per heavy atom. The Morgan fingerprint density at radius 2 is 1.69 bits per heavy atom. The van der Waals surface area contributed by atoms with E-state index < -0.39 is 17.7 Å². The highest BCUT2D eigenvalue weighted by molar-refractivity contribution is 6.01. The normalized spacial score (nSPS) is 15.9. The molecule has 1 aromatic rings. The zero-order valence-corrected chi connectivity index (χ0v) is 17.7. The van der Waals surface area contributed by atoms with Gasteiger partial charge >= 0.3 is 12.1 Å². The Balaban J connectivity index is 1.80. The molecule has 2 rings (SSSR count). The second-order valence-electron chi connectivity index (χ2n) is 8.30. The first-order valence-corrected chi connectivity index (χ1v) is 10.1. The van der Waals surface area contributed by atoms with E-state index in [1.54, 1.807) is 52.0 Å². The molecule has 0 aromatic heterocycles. The number of benzene rings is 1. The minimum Gasteiger partial charge on any atom is -0.482 e. The third kappa shape index (κ3) is 8.13. The highest BCUT2D eigenvalue weighted by Crippen LogP contribution is 2.20. The molecule has 160 valence electrons. The van der Waals surface area contributed by atoms with Crippen molar-refractivity contribution >= 4 is 17.8 Å². The number of carbonyl (C=O) groups is 3. The minimum absolute atomic E-state index is 0.00110. The summed E-state index contributed by atoms with van der Waals surface area (Å²) < 4.78 is 16.0. The van der Waals surface area contributed by atoms with Crippen LogP contribution in [0.2, 0.25) is 0 Å². The molecule has 1 atom stereocenters. The number of Topliss-reactive ketones (excluding diaryl/α,β-unsaturated/α-hetero) is 1. The monoisotopic (exact) mass is 405 g/mol. The van der Waals surface area contributed by atoms with Crippen LogP contribution in [0, 0.1) is 0 Å². The molecule has 7 heteroatoms. The first kappa shape index (κ1) is 22.7. The molecule has 0 heterocycles. The van der Waals surface area contributed by atoms with E-state index in [-0.39, 0.29) is 24.5 Å². The second kappa shape index (κ2) is 10.3. The molecule has 1 aliphatic carbocycles. The van der Waals surface area contributed by atoms with Crippen molar-refractivity contribution in [2.45, 2.75) is 77.5 Å². The first-order chi connectivity index (χ1) is 13.6. The van der Waals surface area contributed by atoms with Gasteiger partial charge in [0, 0.05) is 5.56 Å². The Kier molecular flexibility index (Phi) is 8.05. The van der Waals surface area contributed by atoms with Gasteiger partial charge in [-0.15, -0.1) is 0 Å². The molecule has 1 aromatic carbocycles. The van der Waals surface area contributed by atoms with Crippen LogP contribution in [0.4, 0.5) is 4.79 Å². The van der Waals surface area contributed by atoms with Gasteiger partial charge in [-0.2, -0.15) is 0 Å². The smallest absolute Gasteiger partial charge is 0.408 e. The minimum atomic E-state index is -0.734. The third-order valence-electron chi connectivity index (χ3n) is 4.47. The van der Waals surface area contributed by atoms with Gasteiger partial charge in [0.05, 0.1) is 6.04 Å². The number of esters is 1. The van der Waals surface area contributed by atoms with Gasteiger partial charge in [0.25, 0.3) is 0 Å². The predicted molar refractivity (Wildman–Crippen MR) is 108 cm³/mol. The van der Waals surface area contributed by atoms with Crippen LogP contribution < -0.4 is 10.1 Å².